The third kappa shape index (κ3) is 5.00. The molecule has 2 amide bonds. The highest BCUT2D eigenvalue weighted by atomic mass is 35.5. The van der Waals surface area contributed by atoms with Crippen LogP contribution < -0.4 is 21.5 Å². The van der Waals surface area contributed by atoms with Crippen LogP contribution >= 0.6 is 11.6 Å². The van der Waals surface area contributed by atoms with Crippen LogP contribution in [0.2, 0.25) is 5.02 Å². The van der Waals surface area contributed by atoms with E-state index in [1.54, 1.807) is 42.5 Å². The van der Waals surface area contributed by atoms with Gasteiger partial charge in [-0.3, -0.25) is 15.0 Å². The molecule has 258 valence electrons. The van der Waals surface area contributed by atoms with Gasteiger partial charge < -0.3 is 9.84 Å². The first-order valence-electron chi connectivity index (χ1n) is 16.3. The molecule has 2 fully saturated rings. The quantitative estimate of drug-likeness (QED) is 0.179. The Bertz CT molecular complexity index is 2350. The first kappa shape index (κ1) is 32.3. The molecule has 2 aliphatic heterocycles. The predicted octanol–water partition coefficient (Wildman–Crippen LogP) is 5.04. The lowest BCUT2D eigenvalue weighted by Crippen LogP contribution is -2.53. The maximum absolute atomic E-state index is 15.2. The molecule has 4 atom stereocenters. The molecule has 4 aromatic carbocycles. The Balaban J connectivity index is 1.33. The van der Waals surface area contributed by atoms with Crippen molar-refractivity contribution in [1.82, 2.24) is 18.9 Å². The van der Waals surface area contributed by atoms with Crippen LogP contribution in [0.4, 0.5) is 10.1 Å². The van der Waals surface area contributed by atoms with Crippen molar-refractivity contribution in [2.24, 2.45) is 13.0 Å². The van der Waals surface area contributed by atoms with Crippen molar-refractivity contribution in [2.75, 3.05) is 5.43 Å². The van der Waals surface area contributed by atoms with E-state index in [0.29, 0.717) is 33.2 Å². The first-order chi connectivity index (χ1) is 24.6. The van der Waals surface area contributed by atoms with E-state index in [1.807, 2.05) is 30.3 Å². The van der Waals surface area contributed by atoms with Gasteiger partial charge in [0.1, 0.15) is 23.9 Å². The van der Waals surface area contributed by atoms with Gasteiger partial charge in [-0.2, -0.15) is 5.01 Å². The summed E-state index contributed by atoms with van der Waals surface area (Å²) in [6.07, 6.45) is 1.79. The van der Waals surface area contributed by atoms with Crippen molar-refractivity contribution in [1.29, 1.82) is 0 Å². The molecule has 1 aliphatic carbocycles. The van der Waals surface area contributed by atoms with Gasteiger partial charge in [0, 0.05) is 29.6 Å². The number of hydrogen-bond acceptors (Lipinski definition) is 7. The minimum absolute atomic E-state index is 0.0144. The highest BCUT2D eigenvalue weighted by Crippen LogP contribution is 2.63. The van der Waals surface area contributed by atoms with Gasteiger partial charge >= 0.3 is 11.4 Å². The fraction of sp³-hybridized carbons (Fsp3) is 0.211. The molecule has 1 saturated carbocycles. The molecule has 1 aromatic heterocycles. The average Bonchev–Trinajstić information content (AvgIpc) is 3.49. The Hall–Kier alpha value is -5.88. The lowest BCUT2D eigenvalue weighted by molar-refractivity contribution is -0.138. The number of fused-ring (bicyclic) bond motifs is 4. The zero-order chi connectivity index (χ0) is 35.6. The number of rotatable bonds is 7. The second-order valence-electron chi connectivity index (χ2n) is 13.0. The van der Waals surface area contributed by atoms with Crippen LogP contribution in [-0.4, -0.2) is 35.9 Å². The van der Waals surface area contributed by atoms with Crippen LogP contribution in [0.3, 0.4) is 0 Å². The molecule has 0 spiro atoms. The molecule has 13 heteroatoms. The molecule has 5 aromatic rings. The summed E-state index contributed by atoms with van der Waals surface area (Å²) in [4.78, 5) is 56.5. The summed E-state index contributed by atoms with van der Waals surface area (Å²) in [5.74, 6) is -3.59. The van der Waals surface area contributed by atoms with Crippen LogP contribution in [-0.2, 0) is 35.2 Å². The molecule has 0 bridgehead atoms. The van der Waals surface area contributed by atoms with E-state index in [0.717, 1.165) is 15.1 Å². The summed E-state index contributed by atoms with van der Waals surface area (Å²) in [7, 11) is 1.39. The molecule has 2 N–H and O–H groups in total. The van der Waals surface area contributed by atoms with Gasteiger partial charge in [0.15, 0.2) is 0 Å². The highest BCUT2D eigenvalue weighted by molar-refractivity contribution is 6.30. The second-order valence-corrected chi connectivity index (χ2v) is 13.4. The number of anilines is 1. The Labute approximate surface area is 295 Å². The monoisotopic (exact) mass is 707 g/mol. The van der Waals surface area contributed by atoms with E-state index in [1.165, 1.54) is 46.7 Å². The van der Waals surface area contributed by atoms with Crippen molar-refractivity contribution in [2.45, 2.75) is 36.9 Å². The zero-order valence-corrected chi connectivity index (χ0v) is 28.0. The molecular weight excluding hydrogens is 677 g/mol. The SMILES string of the molecule is Cn1c(=O)n2n(c1=O)[C@@H]1C[C@H]3C(=O)N(Nc4ccc(F)cc4)C(=O)[C@@]3(c3ccc(Cl)cc3)[C@@H](c3ccc(OCc4ccccc4)cc3O)C1=CC2. The Kier molecular flexibility index (Phi) is 7.71. The number of hydrogen-bond donors (Lipinski definition) is 2. The number of halogens is 2. The number of amides is 2. The summed E-state index contributed by atoms with van der Waals surface area (Å²) < 4.78 is 23.5. The fourth-order valence-corrected chi connectivity index (χ4v) is 8.09. The smallest absolute Gasteiger partial charge is 0.347 e. The number of phenols is 1. The third-order valence-corrected chi connectivity index (χ3v) is 10.5. The van der Waals surface area contributed by atoms with Crippen molar-refractivity contribution in [3.05, 3.63) is 157 Å². The Morgan fingerprint density at radius 1 is 0.941 bits per heavy atom. The number of carbonyl (C=O) groups excluding carboxylic acids is 2. The number of ether oxygens (including phenoxy) is 1. The second kappa shape index (κ2) is 12.2. The molecule has 51 heavy (non-hydrogen) atoms. The van der Waals surface area contributed by atoms with Crippen molar-refractivity contribution < 1.29 is 23.8 Å². The van der Waals surface area contributed by atoms with Crippen molar-refractivity contribution in [3.63, 3.8) is 0 Å². The Morgan fingerprint density at radius 2 is 1.67 bits per heavy atom. The maximum atomic E-state index is 15.2. The summed E-state index contributed by atoms with van der Waals surface area (Å²) in [5.41, 5.74) is 2.76. The molecule has 8 rings (SSSR count). The molecule has 3 aliphatic rings. The van der Waals surface area contributed by atoms with Gasteiger partial charge in [-0.05, 0) is 65.6 Å². The van der Waals surface area contributed by atoms with Crippen molar-refractivity contribution >= 4 is 29.1 Å². The third-order valence-electron chi connectivity index (χ3n) is 10.3. The van der Waals surface area contributed by atoms with Gasteiger partial charge in [-0.15, -0.1) is 0 Å². The molecule has 0 unspecified atom stereocenters. The van der Waals surface area contributed by atoms with Crippen LogP contribution in [0.15, 0.2) is 118 Å². The van der Waals surface area contributed by atoms with Gasteiger partial charge in [0.25, 0.3) is 11.8 Å². The first-order valence-corrected chi connectivity index (χ1v) is 16.7. The van der Waals surface area contributed by atoms with Crippen LogP contribution in [0.1, 0.15) is 35.1 Å². The van der Waals surface area contributed by atoms with E-state index in [2.05, 4.69) is 5.43 Å². The van der Waals surface area contributed by atoms with E-state index >= 15 is 4.79 Å². The maximum Gasteiger partial charge on any atom is 0.347 e. The summed E-state index contributed by atoms with van der Waals surface area (Å²) in [6, 6.07) is 25.4. The number of carbonyl (C=O) groups is 2. The van der Waals surface area contributed by atoms with Gasteiger partial charge in [-0.25, -0.2) is 27.9 Å². The minimum Gasteiger partial charge on any atom is -0.508 e. The number of benzene rings is 4. The number of aromatic hydroxyl groups is 1. The largest absolute Gasteiger partial charge is 0.508 e. The number of allylic oxidation sites excluding steroid dienone is 2. The average molecular weight is 708 g/mol. The standard InChI is InChI=1S/C38H31ClFN5O6/c1-42-36(49)43-18-17-28-31(45(43)37(42)50)20-30-34(47)44(41-26-13-11-25(40)12-14-26)35(48)38(30,23-7-9-24(39)10-8-23)33(28)29-16-15-27(19-32(29)46)51-21-22-5-3-2-4-6-22/h2-17,19,30-31,33,41,46H,18,20-21H2,1H3/t30-,31+,33+,38+/m0/s1. The van der Waals surface area contributed by atoms with E-state index in [4.69, 9.17) is 16.3 Å². The predicted molar refractivity (Wildman–Crippen MR) is 186 cm³/mol. The van der Waals surface area contributed by atoms with Crippen LogP contribution in [0, 0.1) is 11.7 Å². The number of nitrogens with one attached hydrogen (secondary N) is 1. The minimum atomic E-state index is -1.65. The normalized spacial score (nSPS) is 22.2. The van der Waals surface area contributed by atoms with Crippen molar-refractivity contribution in [3.8, 4) is 11.5 Å². The summed E-state index contributed by atoms with van der Waals surface area (Å²) in [6.45, 7) is 0.274. The number of hydrazine groups is 1. The molecular formula is C38H31ClFN5O6. The number of phenolic OH excluding ortho intramolecular Hbond substituents is 1. The number of aromatic nitrogens is 3. The Morgan fingerprint density at radius 3 is 2.37 bits per heavy atom. The highest BCUT2D eigenvalue weighted by Gasteiger charge is 2.69. The fourth-order valence-electron chi connectivity index (χ4n) is 7.97. The van der Waals surface area contributed by atoms with Crippen LogP contribution in [0.25, 0.3) is 0 Å². The lowest BCUT2D eigenvalue weighted by Gasteiger charge is -2.49. The zero-order valence-electron chi connectivity index (χ0n) is 27.2. The van der Waals surface area contributed by atoms with Crippen LogP contribution in [0.5, 0.6) is 11.5 Å². The molecule has 11 nitrogen and oxygen atoms in total. The van der Waals surface area contributed by atoms with Gasteiger partial charge in [0.05, 0.1) is 29.6 Å². The molecule has 3 heterocycles. The van der Waals surface area contributed by atoms with E-state index < -0.39 is 52.3 Å². The van der Waals surface area contributed by atoms with Gasteiger partial charge in [0.2, 0.25) is 0 Å². The van der Waals surface area contributed by atoms with E-state index in [-0.39, 0.29) is 25.3 Å². The topological polar surface area (TPSA) is 128 Å². The summed E-state index contributed by atoms with van der Waals surface area (Å²) >= 11 is 6.33. The van der Waals surface area contributed by atoms with E-state index in [9.17, 15) is 23.9 Å². The lowest BCUT2D eigenvalue weighted by atomic mass is 9.53. The summed E-state index contributed by atoms with van der Waals surface area (Å²) in [5, 5.41) is 13.2. The number of nitrogens with zero attached hydrogens (tertiary/aromatic N) is 4. The molecule has 1 saturated heterocycles. The van der Waals surface area contributed by atoms with Gasteiger partial charge in [-0.1, -0.05) is 66.2 Å². The number of imide groups is 1. The molecule has 0 radical (unpaired) electrons.